The zero-order valence-corrected chi connectivity index (χ0v) is 23.5. The number of Topliss-reactive ketones (excluding diaryl/α,β-unsaturated/α-hetero) is 1. The fraction of sp³-hybridized carbons (Fsp3) is 0.517. The zero-order chi connectivity index (χ0) is 28.8. The molecule has 0 spiro atoms. The summed E-state index contributed by atoms with van der Waals surface area (Å²) < 4.78 is 5.51. The van der Waals surface area contributed by atoms with Gasteiger partial charge in [-0.05, 0) is 30.9 Å². The fourth-order valence-electron chi connectivity index (χ4n) is 2.98. The number of benzene rings is 1. The van der Waals surface area contributed by atoms with Crippen LogP contribution < -0.4 is 16.0 Å². The van der Waals surface area contributed by atoms with Crippen LogP contribution in [0.2, 0.25) is 0 Å². The van der Waals surface area contributed by atoms with E-state index in [4.69, 9.17) is 4.42 Å². The first-order chi connectivity index (χ1) is 17.7. The third kappa shape index (κ3) is 15.2. The van der Waals surface area contributed by atoms with Crippen molar-refractivity contribution in [2.45, 2.75) is 79.7 Å². The average molecular weight is 516 g/mol. The maximum atomic E-state index is 12.2. The summed E-state index contributed by atoms with van der Waals surface area (Å²) in [7, 11) is 1.56. The molecule has 1 aromatic carbocycles. The quantitative estimate of drug-likeness (QED) is 0.369. The highest BCUT2D eigenvalue weighted by Gasteiger charge is 2.23. The molecule has 0 fully saturated rings. The normalized spacial score (nSPS) is 10.3. The van der Waals surface area contributed by atoms with E-state index >= 15 is 0 Å². The minimum Gasteiger partial charge on any atom is -0.451 e. The second kappa shape index (κ2) is 21.7. The first-order valence-electron chi connectivity index (χ1n) is 12.8. The van der Waals surface area contributed by atoms with Crippen LogP contribution >= 0.6 is 0 Å². The van der Waals surface area contributed by atoms with E-state index in [2.05, 4.69) is 28.8 Å². The molecule has 0 saturated carbocycles. The summed E-state index contributed by atoms with van der Waals surface area (Å²) in [5, 5.41) is 8.72. The predicted octanol–water partition coefficient (Wildman–Crippen LogP) is 4.87. The first-order valence-corrected chi connectivity index (χ1v) is 12.8. The van der Waals surface area contributed by atoms with E-state index in [1.54, 1.807) is 26.1 Å². The van der Waals surface area contributed by atoms with Gasteiger partial charge in [0, 0.05) is 25.3 Å². The molecule has 3 N–H and O–H groups in total. The van der Waals surface area contributed by atoms with Crippen LogP contribution in [0, 0.1) is 18.8 Å². The van der Waals surface area contributed by atoms with Gasteiger partial charge in [-0.1, -0.05) is 66.2 Å². The number of unbranched alkanes of at least 4 members (excludes halogenated alkanes) is 1. The lowest BCUT2D eigenvalue weighted by Crippen LogP contribution is -2.46. The van der Waals surface area contributed by atoms with E-state index in [0.29, 0.717) is 30.8 Å². The van der Waals surface area contributed by atoms with E-state index in [1.165, 1.54) is 0 Å². The number of ketones is 1. The summed E-state index contributed by atoms with van der Waals surface area (Å²) in [6, 6.07) is 8.53. The van der Waals surface area contributed by atoms with Crippen molar-refractivity contribution < 1.29 is 23.6 Å². The molecule has 1 heterocycles. The van der Waals surface area contributed by atoms with Gasteiger partial charge in [-0.15, -0.1) is 12.8 Å². The van der Waals surface area contributed by atoms with Gasteiger partial charge < -0.3 is 20.4 Å². The number of nitrogens with one attached hydrogen (secondary N) is 3. The third-order valence-corrected chi connectivity index (χ3v) is 4.84. The molecule has 1 aromatic heterocycles. The molecule has 8 heteroatoms. The molecule has 206 valence electrons. The Morgan fingerprint density at radius 2 is 1.65 bits per heavy atom. The number of carbonyl (C=O) groups is 4. The molecule has 0 aliphatic carbocycles. The summed E-state index contributed by atoms with van der Waals surface area (Å²) >= 11 is 0. The molecule has 1 atom stereocenters. The number of likely N-dealkylation sites (N-methyl/N-ethyl adjacent to an activating group) is 1. The number of hydrogen-bond acceptors (Lipinski definition) is 5. The Morgan fingerprint density at radius 1 is 1.03 bits per heavy atom. The smallest absolute Gasteiger partial charge is 0.287 e. The Hall–Kier alpha value is -3.60. The van der Waals surface area contributed by atoms with Crippen LogP contribution in [-0.2, 0) is 14.4 Å². The minimum atomic E-state index is -0.560. The van der Waals surface area contributed by atoms with Gasteiger partial charge in [0.2, 0.25) is 11.8 Å². The lowest BCUT2D eigenvalue weighted by molar-refractivity contribution is -0.125. The van der Waals surface area contributed by atoms with Crippen molar-refractivity contribution in [2.75, 3.05) is 13.6 Å². The van der Waals surface area contributed by atoms with Crippen LogP contribution in [0.5, 0.6) is 0 Å². The van der Waals surface area contributed by atoms with Crippen molar-refractivity contribution in [1.29, 1.82) is 0 Å². The first kappa shape index (κ1) is 35.6. The van der Waals surface area contributed by atoms with Crippen molar-refractivity contribution >= 4 is 34.5 Å². The lowest BCUT2D eigenvalue weighted by Gasteiger charge is -2.18. The monoisotopic (exact) mass is 515 g/mol. The number of furan rings is 1. The van der Waals surface area contributed by atoms with E-state index < -0.39 is 6.04 Å². The van der Waals surface area contributed by atoms with Gasteiger partial charge in [-0.2, -0.15) is 0 Å². The molecule has 0 aliphatic heterocycles. The van der Waals surface area contributed by atoms with Crippen molar-refractivity contribution in [1.82, 2.24) is 16.0 Å². The van der Waals surface area contributed by atoms with Crippen molar-refractivity contribution in [3.63, 3.8) is 0 Å². The molecule has 2 aromatic rings. The van der Waals surface area contributed by atoms with Gasteiger partial charge in [-0.3, -0.25) is 19.2 Å². The molecule has 8 nitrogen and oxygen atoms in total. The average Bonchev–Trinajstić information content (AvgIpc) is 3.36. The SMILES string of the molecule is C#C.CC.CCCCC(=O)CNC(=O)CC.CNC(=O)[C@H](CC(C)C)NC(=O)c1cc2ccccc2o1. The van der Waals surface area contributed by atoms with Crippen LogP contribution in [0.25, 0.3) is 11.0 Å². The molecule has 0 saturated heterocycles. The van der Waals surface area contributed by atoms with Crippen molar-refractivity contribution in [2.24, 2.45) is 5.92 Å². The van der Waals surface area contributed by atoms with Gasteiger partial charge in [0.1, 0.15) is 11.6 Å². The predicted molar refractivity (Wildman–Crippen MR) is 150 cm³/mol. The highest BCUT2D eigenvalue weighted by atomic mass is 16.3. The summed E-state index contributed by atoms with van der Waals surface area (Å²) in [6.07, 6.45) is 11.5. The largest absolute Gasteiger partial charge is 0.451 e. The van der Waals surface area contributed by atoms with Crippen LogP contribution in [0.3, 0.4) is 0 Å². The minimum absolute atomic E-state index is 0.0557. The van der Waals surface area contributed by atoms with Crippen LogP contribution in [0.4, 0.5) is 0 Å². The number of fused-ring (bicyclic) bond motifs is 1. The van der Waals surface area contributed by atoms with E-state index in [-0.39, 0.29) is 35.8 Å². The number of rotatable bonds is 11. The molecule has 37 heavy (non-hydrogen) atoms. The summed E-state index contributed by atoms with van der Waals surface area (Å²) in [5.74, 6) is 0.00393. The number of amides is 3. The van der Waals surface area contributed by atoms with E-state index in [9.17, 15) is 19.2 Å². The molecule has 0 bridgehead atoms. The molecular weight excluding hydrogens is 470 g/mol. The summed E-state index contributed by atoms with van der Waals surface area (Å²) in [4.78, 5) is 45.8. The topological polar surface area (TPSA) is 118 Å². The van der Waals surface area contributed by atoms with Gasteiger partial charge in [0.25, 0.3) is 5.91 Å². The molecule has 0 unspecified atom stereocenters. The Bertz CT molecular complexity index is 930. The van der Waals surface area contributed by atoms with Gasteiger partial charge in [-0.25, -0.2) is 0 Å². The van der Waals surface area contributed by atoms with Gasteiger partial charge in [0.05, 0.1) is 6.54 Å². The Balaban J connectivity index is 0. The Kier molecular flexibility index (Phi) is 20.8. The number of carbonyl (C=O) groups excluding carboxylic acids is 4. The lowest BCUT2D eigenvalue weighted by atomic mass is 10.0. The van der Waals surface area contributed by atoms with E-state index in [0.717, 1.165) is 18.2 Å². The second-order valence-corrected chi connectivity index (χ2v) is 8.19. The maximum Gasteiger partial charge on any atom is 0.287 e. The van der Waals surface area contributed by atoms with Crippen LogP contribution in [0.15, 0.2) is 34.7 Å². The third-order valence-electron chi connectivity index (χ3n) is 4.84. The number of terminal acetylenes is 1. The zero-order valence-electron chi connectivity index (χ0n) is 23.5. The summed E-state index contributed by atoms with van der Waals surface area (Å²) in [6.45, 7) is 12.0. The van der Waals surface area contributed by atoms with Crippen molar-refractivity contribution in [3.05, 3.63) is 36.1 Å². The second-order valence-electron chi connectivity index (χ2n) is 8.19. The van der Waals surface area contributed by atoms with Gasteiger partial charge in [0.15, 0.2) is 11.5 Å². The highest BCUT2D eigenvalue weighted by Crippen LogP contribution is 2.19. The van der Waals surface area contributed by atoms with Gasteiger partial charge >= 0.3 is 0 Å². The van der Waals surface area contributed by atoms with Crippen LogP contribution in [-0.4, -0.2) is 43.1 Å². The fourth-order valence-corrected chi connectivity index (χ4v) is 2.98. The molecular formula is C29H45N3O5. The standard InChI is InChI=1S/C16H20N2O3.C9H17NO2.C2H6.C2H2/c1-10(2)8-12(15(19)17-3)18-16(20)14-9-11-6-4-5-7-13(11)21-14;1-3-5-6-8(11)7-10-9(12)4-2;2*1-2/h4-7,9-10,12H,8H2,1-3H3,(H,17,19)(H,18,20);3-7H2,1-2H3,(H,10,12);1-2H3;1-2H/t12-;;;/m0.../s1. The highest BCUT2D eigenvalue weighted by molar-refractivity contribution is 5.98. The Labute approximate surface area is 222 Å². The maximum absolute atomic E-state index is 12.2. The number of para-hydroxylation sites is 1. The van der Waals surface area contributed by atoms with Crippen molar-refractivity contribution in [3.8, 4) is 12.8 Å². The van der Waals surface area contributed by atoms with E-state index in [1.807, 2.05) is 52.8 Å². The number of hydrogen-bond donors (Lipinski definition) is 3. The molecule has 0 aliphatic rings. The van der Waals surface area contributed by atoms with Crippen LogP contribution in [0.1, 0.15) is 84.2 Å². The molecule has 2 rings (SSSR count). The molecule has 3 amide bonds. The summed E-state index contributed by atoms with van der Waals surface area (Å²) in [5.41, 5.74) is 0.656. The molecule has 0 radical (unpaired) electrons. The Morgan fingerprint density at radius 3 is 2.16 bits per heavy atom.